The highest BCUT2D eigenvalue weighted by molar-refractivity contribution is 5.96. The SMILES string of the molecule is CN=C(N)c1cncc(F)c1. The average molecular weight is 153 g/mol. The van der Waals surface area contributed by atoms with Crippen LogP contribution in [0.25, 0.3) is 0 Å². The first-order valence-corrected chi connectivity index (χ1v) is 3.07. The molecule has 0 bridgehead atoms. The first kappa shape index (κ1) is 7.65. The standard InChI is InChI=1S/C7H8FN3/c1-10-7(9)5-2-6(8)4-11-3-5/h2-4H,1H3,(H2,9,10). The largest absolute Gasteiger partial charge is 0.383 e. The monoisotopic (exact) mass is 153 g/mol. The third kappa shape index (κ3) is 1.73. The molecule has 1 rings (SSSR count). The summed E-state index contributed by atoms with van der Waals surface area (Å²) in [5.41, 5.74) is 5.91. The molecule has 0 aliphatic carbocycles. The van der Waals surface area contributed by atoms with E-state index in [9.17, 15) is 4.39 Å². The molecule has 11 heavy (non-hydrogen) atoms. The third-order valence-electron chi connectivity index (χ3n) is 1.24. The maximum atomic E-state index is 12.5. The van der Waals surface area contributed by atoms with Gasteiger partial charge in [0.25, 0.3) is 0 Å². The van der Waals surface area contributed by atoms with Crippen LogP contribution >= 0.6 is 0 Å². The van der Waals surface area contributed by atoms with E-state index in [-0.39, 0.29) is 5.84 Å². The Bertz CT molecular complexity index is 283. The summed E-state index contributed by atoms with van der Waals surface area (Å²) >= 11 is 0. The Morgan fingerprint density at radius 3 is 2.91 bits per heavy atom. The Morgan fingerprint density at radius 1 is 1.64 bits per heavy atom. The van der Waals surface area contributed by atoms with E-state index in [1.54, 1.807) is 7.05 Å². The molecule has 1 aromatic rings. The van der Waals surface area contributed by atoms with Crippen molar-refractivity contribution >= 4 is 5.84 Å². The fourth-order valence-corrected chi connectivity index (χ4v) is 0.681. The van der Waals surface area contributed by atoms with Crippen molar-refractivity contribution in [3.8, 4) is 0 Å². The van der Waals surface area contributed by atoms with Gasteiger partial charge in [0.1, 0.15) is 11.7 Å². The average Bonchev–Trinajstić information content (AvgIpc) is 2.03. The summed E-state index contributed by atoms with van der Waals surface area (Å²) < 4.78 is 12.5. The first-order chi connectivity index (χ1) is 5.24. The van der Waals surface area contributed by atoms with E-state index in [2.05, 4.69) is 9.98 Å². The minimum Gasteiger partial charge on any atom is -0.383 e. The van der Waals surface area contributed by atoms with Crippen molar-refractivity contribution in [1.82, 2.24) is 4.98 Å². The molecular weight excluding hydrogens is 145 g/mol. The number of amidine groups is 1. The second-order valence-corrected chi connectivity index (χ2v) is 2.00. The predicted octanol–water partition coefficient (Wildman–Crippen LogP) is 0.556. The predicted molar refractivity (Wildman–Crippen MR) is 40.8 cm³/mol. The number of pyridine rings is 1. The summed E-state index contributed by atoms with van der Waals surface area (Å²) in [5, 5.41) is 0. The summed E-state index contributed by atoms with van der Waals surface area (Å²) in [6, 6.07) is 1.29. The second kappa shape index (κ2) is 3.09. The van der Waals surface area contributed by atoms with Crippen molar-refractivity contribution < 1.29 is 4.39 Å². The van der Waals surface area contributed by atoms with Crippen LogP contribution in [0.2, 0.25) is 0 Å². The molecule has 0 saturated heterocycles. The molecule has 3 nitrogen and oxygen atoms in total. The molecule has 1 aromatic heterocycles. The Labute approximate surface area is 63.8 Å². The Kier molecular flexibility index (Phi) is 2.15. The molecule has 0 radical (unpaired) electrons. The van der Waals surface area contributed by atoms with Gasteiger partial charge in [-0.2, -0.15) is 0 Å². The minimum atomic E-state index is -0.408. The molecule has 0 aliphatic heterocycles. The van der Waals surface area contributed by atoms with Crippen molar-refractivity contribution in [2.24, 2.45) is 10.7 Å². The summed E-state index contributed by atoms with van der Waals surface area (Å²) in [6.07, 6.45) is 2.58. The van der Waals surface area contributed by atoms with Gasteiger partial charge in [0.15, 0.2) is 0 Å². The maximum absolute atomic E-state index is 12.5. The number of nitrogens with zero attached hydrogens (tertiary/aromatic N) is 2. The number of rotatable bonds is 1. The maximum Gasteiger partial charge on any atom is 0.142 e. The fraction of sp³-hybridized carbons (Fsp3) is 0.143. The number of hydrogen-bond acceptors (Lipinski definition) is 2. The van der Waals surface area contributed by atoms with E-state index in [4.69, 9.17) is 5.73 Å². The van der Waals surface area contributed by atoms with Gasteiger partial charge in [-0.3, -0.25) is 9.98 Å². The molecule has 0 amide bonds. The summed E-state index contributed by atoms with van der Waals surface area (Å²) in [6.45, 7) is 0. The van der Waals surface area contributed by atoms with E-state index in [1.165, 1.54) is 12.3 Å². The third-order valence-corrected chi connectivity index (χ3v) is 1.24. The van der Waals surface area contributed by atoms with Crippen LogP contribution in [0.15, 0.2) is 23.5 Å². The van der Waals surface area contributed by atoms with Crippen LogP contribution in [0.3, 0.4) is 0 Å². The number of halogens is 1. The lowest BCUT2D eigenvalue weighted by molar-refractivity contribution is 0.621. The van der Waals surface area contributed by atoms with Crippen LogP contribution in [-0.4, -0.2) is 17.9 Å². The molecule has 0 saturated carbocycles. The first-order valence-electron chi connectivity index (χ1n) is 3.07. The van der Waals surface area contributed by atoms with Crippen molar-refractivity contribution in [3.05, 3.63) is 29.8 Å². The molecule has 1 heterocycles. The number of aliphatic imine (C=N–C) groups is 1. The van der Waals surface area contributed by atoms with Crippen LogP contribution in [0.4, 0.5) is 4.39 Å². The molecule has 0 atom stereocenters. The highest BCUT2D eigenvalue weighted by atomic mass is 19.1. The zero-order valence-electron chi connectivity index (χ0n) is 6.08. The molecular formula is C7H8FN3. The topological polar surface area (TPSA) is 51.3 Å². The van der Waals surface area contributed by atoms with Gasteiger partial charge in [-0.05, 0) is 6.07 Å². The van der Waals surface area contributed by atoms with E-state index < -0.39 is 5.82 Å². The van der Waals surface area contributed by atoms with E-state index in [0.717, 1.165) is 6.20 Å². The molecule has 4 heteroatoms. The Hall–Kier alpha value is -1.45. The number of nitrogens with two attached hydrogens (primary N) is 1. The van der Waals surface area contributed by atoms with Gasteiger partial charge in [-0.1, -0.05) is 0 Å². The fourth-order valence-electron chi connectivity index (χ4n) is 0.681. The molecule has 0 unspecified atom stereocenters. The van der Waals surface area contributed by atoms with E-state index in [1.807, 2.05) is 0 Å². The lowest BCUT2D eigenvalue weighted by atomic mass is 10.2. The summed E-state index contributed by atoms with van der Waals surface area (Å²) in [5.74, 6) is -0.119. The molecule has 0 aliphatic rings. The van der Waals surface area contributed by atoms with E-state index in [0.29, 0.717) is 5.56 Å². The highest BCUT2D eigenvalue weighted by Crippen LogP contribution is 1.99. The van der Waals surface area contributed by atoms with Gasteiger partial charge < -0.3 is 5.73 Å². The van der Waals surface area contributed by atoms with Gasteiger partial charge in [0, 0.05) is 18.8 Å². The second-order valence-electron chi connectivity index (χ2n) is 2.00. The minimum absolute atomic E-state index is 0.289. The number of aromatic nitrogens is 1. The van der Waals surface area contributed by atoms with Crippen LogP contribution in [-0.2, 0) is 0 Å². The molecule has 2 N–H and O–H groups in total. The van der Waals surface area contributed by atoms with Crippen molar-refractivity contribution in [1.29, 1.82) is 0 Å². The molecule has 0 aromatic carbocycles. The zero-order chi connectivity index (χ0) is 8.27. The smallest absolute Gasteiger partial charge is 0.142 e. The molecule has 0 spiro atoms. The van der Waals surface area contributed by atoms with E-state index >= 15 is 0 Å². The Balaban J connectivity index is 3.06. The summed E-state index contributed by atoms with van der Waals surface area (Å²) in [7, 11) is 1.54. The Morgan fingerprint density at radius 2 is 2.36 bits per heavy atom. The van der Waals surface area contributed by atoms with Gasteiger partial charge in [0.2, 0.25) is 0 Å². The van der Waals surface area contributed by atoms with Crippen molar-refractivity contribution in [2.75, 3.05) is 7.05 Å². The zero-order valence-corrected chi connectivity index (χ0v) is 6.08. The van der Waals surface area contributed by atoms with Crippen molar-refractivity contribution in [2.45, 2.75) is 0 Å². The molecule has 0 fully saturated rings. The lowest BCUT2D eigenvalue weighted by Gasteiger charge is -1.96. The number of hydrogen-bond donors (Lipinski definition) is 1. The summed E-state index contributed by atoms with van der Waals surface area (Å²) in [4.78, 5) is 7.30. The van der Waals surface area contributed by atoms with Gasteiger partial charge in [0.05, 0.1) is 6.20 Å². The highest BCUT2D eigenvalue weighted by Gasteiger charge is 1.98. The van der Waals surface area contributed by atoms with Crippen LogP contribution < -0.4 is 5.73 Å². The lowest BCUT2D eigenvalue weighted by Crippen LogP contribution is -2.13. The van der Waals surface area contributed by atoms with Crippen LogP contribution in [0.1, 0.15) is 5.56 Å². The van der Waals surface area contributed by atoms with Gasteiger partial charge >= 0.3 is 0 Å². The van der Waals surface area contributed by atoms with Crippen molar-refractivity contribution in [3.63, 3.8) is 0 Å². The van der Waals surface area contributed by atoms with Crippen LogP contribution in [0.5, 0.6) is 0 Å². The quantitative estimate of drug-likeness (QED) is 0.473. The molecule has 58 valence electrons. The van der Waals surface area contributed by atoms with Gasteiger partial charge in [-0.15, -0.1) is 0 Å². The normalized spacial score (nSPS) is 11.6. The van der Waals surface area contributed by atoms with Crippen LogP contribution in [0, 0.1) is 5.82 Å². The van der Waals surface area contributed by atoms with Gasteiger partial charge in [-0.25, -0.2) is 4.39 Å².